The van der Waals surface area contributed by atoms with Gasteiger partial charge in [-0.15, -0.1) is 0 Å². The molecule has 7 nitrogen and oxygen atoms in total. The maximum atomic E-state index is 11.7. The van der Waals surface area contributed by atoms with Crippen LogP contribution in [0.3, 0.4) is 0 Å². The summed E-state index contributed by atoms with van der Waals surface area (Å²) in [7, 11) is 0. The standard InChI is InChI=1S/C14H27N3O4/c1-13(2,3)10(11(19)20)16-12(21)15-8-7-9(18)17-14(4,5)6/h10H,7-8H2,1-6H3,(H,17,18)(H,19,20)(H2,15,16,21)/t10-/m0/s1. The SMILES string of the molecule is CC(C)(C)NC(=O)CCNC(=O)N[C@@H](C(=O)O)C(C)(C)C. The number of hydrogen-bond donors (Lipinski definition) is 4. The van der Waals surface area contributed by atoms with Crippen LogP contribution >= 0.6 is 0 Å². The van der Waals surface area contributed by atoms with E-state index < -0.39 is 23.5 Å². The molecular formula is C14H27N3O4. The Labute approximate surface area is 125 Å². The fourth-order valence-electron chi connectivity index (χ4n) is 1.60. The molecule has 0 fully saturated rings. The molecule has 122 valence electrons. The second-order valence-electron chi connectivity index (χ2n) is 7.09. The summed E-state index contributed by atoms with van der Waals surface area (Å²) in [5.41, 5.74) is -0.924. The molecule has 0 aromatic heterocycles. The average Bonchev–Trinajstić information content (AvgIpc) is 2.21. The number of rotatable bonds is 5. The van der Waals surface area contributed by atoms with Crippen molar-refractivity contribution in [3.8, 4) is 0 Å². The van der Waals surface area contributed by atoms with Crippen LogP contribution in [0.2, 0.25) is 0 Å². The minimum absolute atomic E-state index is 0.137. The van der Waals surface area contributed by atoms with Crippen molar-refractivity contribution in [2.75, 3.05) is 6.54 Å². The molecule has 0 saturated heterocycles. The number of carbonyl (C=O) groups is 3. The lowest BCUT2D eigenvalue weighted by atomic mass is 9.87. The van der Waals surface area contributed by atoms with Crippen LogP contribution in [-0.2, 0) is 9.59 Å². The van der Waals surface area contributed by atoms with Crippen molar-refractivity contribution in [2.24, 2.45) is 5.41 Å². The topological polar surface area (TPSA) is 108 Å². The molecule has 0 heterocycles. The van der Waals surface area contributed by atoms with E-state index in [-0.39, 0.29) is 24.4 Å². The van der Waals surface area contributed by atoms with Gasteiger partial charge in [0.15, 0.2) is 0 Å². The van der Waals surface area contributed by atoms with Crippen LogP contribution < -0.4 is 16.0 Å². The van der Waals surface area contributed by atoms with Crippen LogP contribution in [-0.4, -0.2) is 41.1 Å². The third-order valence-corrected chi connectivity index (χ3v) is 2.54. The molecule has 0 rings (SSSR count). The molecule has 0 radical (unpaired) electrons. The van der Waals surface area contributed by atoms with Gasteiger partial charge < -0.3 is 21.1 Å². The Hall–Kier alpha value is -1.79. The molecule has 4 N–H and O–H groups in total. The lowest BCUT2D eigenvalue weighted by Gasteiger charge is -2.27. The normalized spacial score (nSPS) is 13.2. The van der Waals surface area contributed by atoms with Crippen molar-refractivity contribution in [1.29, 1.82) is 0 Å². The van der Waals surface area contributed by atoms with Crippen molar-refractivity contribution in [3.63, 3.8) is 0 Å². The largest absolute Gasteiger partial charge is 0.480 e. The highest BCUT2D eigenvalue weighted by molar-refractivity contribution is 5.83. The first-order valence-corrected chi connectivity index (χ1v) is 6.91. The molecule has 0 aromatic rings. The van der Waals surface area contributed by atoms with Gasteiger partial charge in [-0.3, -0.25) is 4.79 Å². The predicted octanol–water partition coefficient (Wildman–Crippen LogP) is 1.09. The van der Waals surface area contributed by atoms with Gasteiger partial charge in [-0.2, -0.15) is 0 Å². The average molecular weight is 301 g/mol. The molecule has 1 atom stereocenters. The van der Waals surface area contributed by atoms with Crippen LogP contribution in [0.15, 0.2) is 0 Å². The molecule has 7 heteroatoms. The molecule has 0 bridgehead atoms. The van der Waals surface area contributed by atoms with Crippen molar-refractivity contribution >= 4 is 17.9 Å². The zero-order valence-electron chi connectivity index (χ0n) is 13.7. The van der Waals surface area contributed by atoms with Crippen LogP contribution in [0.25, 0.3) is 0 Å². The Morgan fingerprint density at radius 1 is 1.05 bits per heavy atom. The van der Waals surface area contributed by atoms with Crippen molar-refractivity contribution in [3.05, 3.63) is 0 Å². The minimum Gasteiger partial charge on any atom is -0.480 e. The first-order valence-electron chi connectivity index (χ1n) is 6.91. The number of amides is 3. The van der Waals surface area contributed by atoms with Crippen molar-refractivity contribution in [2.45, 2.75) is 59.5 Å². The number of urea groups is 1. The Balaban J connectivity index is 4.22. The van der Waals surface area contributed by atoms with E-state index in [9.17, 15) is 14.4 Å². The van der Waals surface area contributed by atoms with E-state index in [4.69, 9.17) is 5.11 Å². The Bertz CT molecular complexity index is 394. The van der Waals surface area contributed by atoms with E-state index >= 15 is 0 Å². The number of carboxylic acid groups (broad SMARTS) is 1. The van der Waals surface area contributed by atoms with Crippen molar-refractivity contribution in [1.82, 2.24) is 16.0 Å². The van der Waals surface area contributed by atoms with E-state index in [2.05, 4.69) is 16.0 Å². The molecule has 0 unspecified atom stereocenters. The van der Waals surface area contributed by atoms with Crippen LogP contribution in [0, 0.1) is 5.41 Å². The summed E-state index contributed by atoms with van der Waals surface area (Å²) >= 11 is 0. The quantitative estimate of drug-likeness (QED) is 0.609. The highest BCUT2D eigenvalue weighted by Gasteiger charge is 2.32. The monoisotopic (exact) mass is 301 g/mol. The number of hydrogen-bond acceptors (Lipinski definition) is 3. The Kier molecular flexibility index (Phi) is 6.66. The lowest BCUT2D eigenvalue weighted by molar-refractivity contribution is -0.142. The van der Waals surface area contributed by atoms with Gasteiger partial charge >= 0.3 is 12.0 Å². The Morgan fingerprint density at radius 2 is 1.57 bits per heavy atom. The summed E-state index contributed by atoms with van der Waals surface area (Å²) < 4.78 is 0. The van der Waals surface area contributed by atoms with Crippen LogP contribution in [0.4, 0.5) is 4.79 Å². The summed E-state index contributed by atoms with van der Waals surface area (Å²) in [5.74, 6) is -1.27. The number of carbonyl (C=O) groups excluding carboxylic acids is 2. The summed E-state index contributed by atoms with van der Waals surface area (Å²) in [6.07, 6.45) is 0.137. The van der Waals surface area contributed by atoms with Crippen molar-refractivity contribution < 1.29 is 19.5 Å². The summed E-state index contributed by atoms with van der Waals surface area (Å²) in [6.45, 7) is 10.9. The molecule has 0 aliphatic heterocycles. The smallest absolute Gasteiger partial charge is 0.326 e. The summed E-state index contributed by atoms with van der Waals surface area (Å²) in [6, 6.07) is -1.60. The van der Waals surface area contributed by atoms with E-state index in [0.29, 0.717) is 0 Å². The van der Waals surface area contributed by atoms with Gasteiger partial charge in [0.2, 0.25) is 5.91 Å². The van der Waals surface area contributed by atoms with Gasteiger partial charge in [0.05, 0.1) is 0 Å². The number of aliphatic carboxylic acids is 1. The number of nitrogens with one attached hydrogen (secondary N) is 3. The first-order chi connectivity index (χ1) is 9.33. The zero-order valence-corrected chi connectivity index (χ0v) is 13.7. The van der Waals surface area contributed by atoms with E-state index in [1.54, 1.807) is 20.8 Å². The van der Waals surface area contributed by atoms with Crippen LogP contribution in [0.1, 0.15) is 48.0 Å². The first kappa shape index (κ1) is 19.2. The maximum absolute atomic E-state index is 11.7. The van der Waals surface area contributed by atoms with Gasteiger partial charge in [0.1, 0.15) is 6.04 Å². The van der Waals surface area contributed by atoms with Gasteiger partial charge in [-0.05, 0) is 26.2 Å². The summed E-state index contributed by atoms with van der Waals surface area (Å²) in [4.78, 5) is 34.3. The molecule has 21 heavy (non-hydrogen) atoms. The Morgan fingerprint density at radius 3 is 1.95 bits per heavy atom. The fourth-order valence-corrected chi connectivity index (χ4v) is 1.60. The third-order valence-electron chi connectivity index (χ3n) is 2.54. The van der Waals surface area contributed by atoms with E-state index in [1.165, 1.54) is 0 Å². The highest BCUT2D eigenvalue weighted by Crippen LogP contribution is 2.19. The molecule has 0 saturated carbocycles. The summed E-state index contributed by atoms with van der Waals surface area (Å²) in [5, 5.41) is 16.7. The third kappa shape index (κ3) is 8.88. The molecule has 3 amide bonds. The molecule has 0 spiro atoms. The molecular weight excluding hydrogens is 274 g/mol. The molecule has 0 aromatic carbocycles. The lowest BCUT2D eigenvalue weighted by Crippen LogP contribution is -2.52. The van der Waals surface area contributed by atoms with E-state index in [1.807, 2.05) is 20.8 Å². The van der Waals surface area contributed by atoms with Crippen LogP contribution in [0.5, 0.6) is 0 Å². The second kappa shape index (κ2) is 7.28. The molecule has 0 aliphatic carbocycles. The second-order valence-corrected chi connectivity index (χ2v) is 7.09. The number of carboxylic acids is 1. The predicted molar refractivity (Wildman–Crippen MR) is 79.9 cm³/mol. The maximum Gasteiger partial charge on any atom is 0.326 e. The van der Waals surface area contributed by atoms with Gasteiger partial charge in [0.25, 0.3) is 0 Å². The molecule has 0 aliphatic rings. The van der Waals surface area contributed by atoms with Gasteiger partial charge in [-0.25, -0.2) is 9.59 Å². The van der Waals surface area contributed by atoms with Gasteiger partial charge in [-0.1, -0.05) is 20.8 Å². The van der Waals surface area contributed by atoms with Gasteiger partial charge in [0, 0.05) is 18.5 Å². The zero-order chi connectivity index (χ0) is 16.8. The van der Waals surface area contributed by atoms with E-state index in [0.717, 1.165) is 0 Å². The highest BCUT2D eigenvalue weighted by atomic mass is 16.4. The minimum atomic E-state index is -1.09. The fraction of sp³-hybridized carbons (Fsp3) is 0.786.